The number of carboxylic acids is 1. The molecule has 2 rings (SSSR count). The highest BCUT2D eigenvalue weighted by Gasteiger charge is 2.30. The second kappa shape index (κ2) is 5.87. The molecule has 0 bridgehead atoms. The van der Waals surface area contributed by atoms with E-state index in [1.807, 2.05) is 0 Å². The number of rotatable bonds is 3. The van der Waals surface area contributed by atoms with Gasteiger partial charge < -0.3 is 19.8 Å². The number of ether oxygens (including phenoxy) is 1. The van der Waals surface area contributed by atoms with Crippen LogP contribution in [0, 0.1) is 5.82 Å². The van der Waals surface area contributed by atoms with Crippen molar-refractivity contribution in [3.63, 3.8) is 0 Å². The molecule has 1 aliphatic rings. The van der Waals surface area contributed by atoms with Gasteiger partial charge in [-0.2, -0.15) is 0 Å². The molecule has 1 fully saturated rings. The second-order valence-electron chi connectivity index (χ2n) is 4.49. The Balaban J connectivity index is 2.20. The number of morpholine rings is 1. The summed E-state index contributed by atoms with van der Waals surface area (Å²) in [4.78, 5) is 24.5. The quantitative estimate of drug-likeness (QED) is 0.858. The van der Waals surface area contributed by atoms with Gasteiger partial charge in [-0.3, -0.25) is 9.59 Å². The lowest BCUT2D eigenvalue weighted by Gasteiger charge is -2.34. The van der Waals surface area contributed by atoms with Crippen LogP contribution in [0.25, 0.3) is 0 Å². The minimum Gasteiger partial charge on any atom is -0.505 e. The van der Waals surface area contributed by atoms with Crippen molar-refractivity contribution >= 4 is 11.9 Å². The van der Waals surface area contributed by atoms with E-state index < -0.39 is 29.5 Å². The Morgan fingerprint density at radius 1 is 1.45 bits per heavy atom. The van der Waals surface area contributed by atoms with Gasteiger partial charge in [-0.1, -0.05) is 0 Å². The van der Waals surface area contributed by atoms with E-state index in [2.05, 4.69) is 0 Å². The van der Waals surface area contributed by atoms with E-state index in [1.165, 1.54) is 11.0 Å². The fraction of sp³-hybridized carbons (Fsp3) is 0.385. The van der Waals surface area contributed by atoms with Gasteiger partial charge in [-0.25, -0.2) is 4.39 Å². The van der Waals surface area contributed by atoms with Crippen molar-refractivity contribution in [3.05, 3.63) is 29.6 Å². The zero-order valence-electron chi connectivity index (χ0n) is 10.6. The zero-order chi connectivity index (χ0) is 14.7. The standard InChI is InChI=1S/C13H14FNO5/c14-10-2-1-8(5-11(10)16)13(19)15-3-4-20-7-9(15)6-12(17)18/h1-2,5,9,16H,3-4,6-7H2,(H,17,18)/t9-/m0/s1. The third-order valence-electron chi connectivity index (χ3n) is 3.09. The van der Waals surface area contributed by atoms with E-state index in [1.54, 1.807) is 0 Å². The van der Waals surface area contributed by atoms with Crippen LogP contribution in [0.3, 0.4) is 0 Å². The van der Waals surface area contributed by atoms with Crippen molar-refractivity contribution in [2.45, 2.75) is 12.5 Å². The predicted molar refractivity (Wildman–Crippen MR) is 66.0 cm³/mol. The molecule has 7 heteroatoms. The average molecular weight is 283 g/mol. The van der Waals surface area contributed by atoms with Crippen LogP contribution in [0.1, 0.15) is 16.8 Å². The van der Waals surface area contributed by atoms with Gasteiger partial charge in [0.25, 0.3) is 5.91 Å². The van der Waals surface area contributed by atoms with Crippen LogP contribution in [0.5, 0.6) is 5.75 Å². The van der Waals surface area contributed by atoms with Crippen molar-refractivity contribution < 1.29 is 28.9 Å². The number of aromatic hydroxyl groups is 1. The summed E-state index contributed by atoms with van der Waals surface area (Å²) in [6.07, 6.45) is -0.223. The molecule has 108 valence electrons. The second-order valence-corrected chi connectivity index (χ2v) is 4.49. The third kappa shape index (κ3) is 3.05. The van der Waals surface area contributed by atoms with E-state index in [-0.39, 0.29) is 25.1 Å². The van der Waals surface area contributed by atoms with Crippen LogP contribution >= 0.6 is 0 Å². The van der Waals surface area contributed by atoms with E-state index in [9.17, 15) is 19.1 Å². The summed E-state index contributed by atoms with van der Waals surface area (Å²) in [5.41, 5.74) is 0.112. The number of hydrogen-bond acceptors (Lipinski definition) is 4. The van der Waals surface area contributed by atoms with Crippen molar-refractivity contribution in [1.29, 1.82) is 0 Å². The van der Waals surface area contributed by atoms with Crippen molar-refractivity contribution in [1.82, 2.24) is 4.90 Å². The normalized spacial score (nSPS) is 18.9. The highest BCUT2D eigenvalue weighted by molar-refractivity contribution is 5.95. The maximum atomic E-state index is 13.0. The highest BCUT2D eigenvalue weighted by Crippen LogP contribution is 2.20. The number of benzene rings is 1. The number of phenolic OH excluding ortho intramolecular Hbond substituents is 1. The summed E-state index contributed by atoms with van der Waals surface area (Å²) in [5.74, 6) is -2.90. The molecular formula is C13H14FNO5. The number of aliphatic carboxylic acids is 1. The third-order valence-corrected chi connectivity index (χ3v) is 3.09. The molecule has 0 aliphatic carbocycles. The topological polar surface area (TPSA) is 87.1 Å². The number of hydrogen-bond donors (Lipinski definition) is 2. The van der Waals surface area contributed by atoms with Crippen molar-refractivity contribution in [2.24, 2.45) is 0 Å². The Hall–Kier alpha value is -2.15. The molecule has 0 saturated carbocycles. The van der Waals surface area contributed by atoms with E-state index in [0.29, 0.717) is 6.61 Å². The number of carbonyl (C=O) groups is 2. The first-order valence-corrected chi connectivity index (χ1v) is 6.08. The molecular weight excluding hydrogens is 269 g/mol. The van der Waals surface area contributed by atoms with E-state index in [4.69, 9.17) is 9.84 Å². The SMILES string of the molecule is O=C(O)C[C@H]1COCCN1C(=O)c1ccc(F)c(O)c1. The van der Waals surface area contributed by atoms with Crippen molar-refractivity contribution in [2.75, 3.05) is 19.8 Å². The molecule has 0 unspecified atom stereocenters. The molecule has 6 nitrogen and oxygen atoms in total. The number of amides is 1. The van der Waals surface area contributed by atoms with Crippen LogP contribution < -0.4 is 0 Å². The zero-order valence-corrected chi connectivity index (χ0v) is 10.6. The smallest absolute Gasteiger partial charge is 0.305 e. The van der Waals surface area contributed by atoms with Crippen LogP contribution in [-0.4, -0.2) is 52.8 Å². The Bertz CT molecular complexity index is 533. The summed E-state index contributed by atoms with van der Waals surface area (Å²) in [6, 6.07) is 2.71. The lowest BCUT2D eigenvalue weighted by atomic mass is 10.1. The number of nitrogens with zero attached hydrogens (tertiary/aromatic N) is 1. The van der Waals surface area contributed by atoms with Crippen LogP contribution in [0.2, 0.25) is 0 Å². The van der Waals surface area contributed by atoms with Gasteiger partial charge in [-0.05, 0) is 18.2 Å². The summed E-state index contributed by atoms with van der Waals surface area (Å²) in [5, 5.41) is 18.1. The number of carboxylic acid groups (broad SMARTS) is 1. The molecule has 2 N–H and O–H groups in total. The molecule has 0 aromatic heterocycles. The monoisotopic (exact) mass is 283 g/mol. The van der Waals surface area contributed by atoms with Crippen LogP contribution in [-0.2, 0) is 9.53 Å². The molecule has 1 atom stereocenters. The summed E-state index contributed by atoms with van der Waals surface area (Å²) >= 11 is 0. The van der Waals surface area contributed by atoms with Gasteiger partial charge in [0, 0.05) is 12.1 Å². The largest absolute Gasteiger partial charge is 0.505 e. The first-order chi connectivity index (χ1) is 9.49. The van der Waals surface area contributed by atoms with Gasteiger partial charge in [0.15, 0.2) is 11.6 Å². The molecule has 1 heterocycles. The molecule has 1 saturated heterocycles. The number of halogens is 1. The lowest BCUT2D eigenvalue weighted by Crippen LogP contribution is -2.49. The fourth-order valence-electron chi connectivity index (χ4n) is 2.10. The number of carbonyl (C=O) groups excluding carboxylic acids is 1. The van der Waals surface area contributed by atoms with Gasteiger partial charge in [0.05, 0.1) is 25.7 Å². The summed E-state index contributed by atoms with van der Waals surface area (Å²) < 4.78 is 18.2. The van der Waals surface area contributed by atoms with Crippen LogP contribution in [0.15, 0.2) is 18.2 Å². The molecule has 1 aromatic carbocycles. The van der Waals surface area contributed by atoms with Gasteiger partial charge in [-0.15, -0.1) is 0 Å². The lowest BCUT2D eigenvalue weighted by molar-refractivity contribution is -0.139. The maximum Gasteiger partial charge on any atom is 0.305 e. The minimum absolute atomic E-state index is 0.112. The molecule has 1 aliphatic heterocycles. The molecule has 1 amide bonds. The van der Waals surface area contributed by atoms with Gasteiger partial charge in [0.2, 0.25) is 0 Å². The van der Waals surface area contributed by atoms with E-state index in [0.717, 1.165) is 12.1 Å². The summed E-state index contributed by atoms with van der Waals surface area (Å²) in [6.45, 7) is 0.717. The first-order valence-electron chi connectivity index (χ1n) is 6.08. The molecule has 20 heavy (non-hydrogen) atoms. The Morgan fingerprint density at radius 3 is 2.85 bits per heavy atom. The highest BCUT2D eigenvalue weighted by atomic mass is 19.1. The van der Waals surface area contributed by atoms with E-state index >= 15 is 0 Å². The molecule has 1 aromatic rings. The minimum atomic E-state index is -1.03. The molecule has 0 spiro atoms. The Kier molecular flexibility index (Phi) is 4.19. The van der Waals surface area contributed by atoms with Gasteiger partial charge >= 0.3 is 5.97 Å². The Labute approximate surface area is 114 Å². The Morgan fingerprint density at radius 2 is 2.20 bits per heavy atom. The molecule has 0 radical (unpaired) electrons. The van der Waals surface area contributed by atoms with Crippen molar-refractivity contribution in [3.8, 4) is 5.75 Å². The number of phenols is 1. The van der Waals surface area contributed by atoms with Gasteiger partial charge in [0.1, 0.15) is 0 Å². The summed E-state index contributed by atoms with van der Waals surface area (Å²) in [7, 11) is 0. The predicted octanol–water partition coefficient (Wildman–Crippen LogP) is 0.847. The fourth-order valence-corrected chi connectivity index (χ4v) is 2.10. The maximum absolute atomic E-state index is 13.0. The average Bonchev–Trinajstić information content (AvgIpc) is 2.41. The van der Waals surface area contributed by atoms with Crippen LogP contribution in [0.4, 0.5) is 4.39 Å². The first kappa shape index (κ1) is 14.3.